The van der Waals surface area contributed by atoms with Crippen LogP contribution in [0.5, 0.6) is 0 Å². The van der Waals surface area contributed by atoms with Crippen molar-refractivity contribution in [2.45, 2.75) is 6.04 Å². The fourth-order valence-electron chi connectivity index (χ4n) is 3.94. The van der Waals surface area contributed by atoms with Crippen LogP contribution in [0.3, 0.4) is 0 Å². The van der Waals surface area contributed by atoms with Crippen molar-refractivity contribution in [3.8, 4) is 0 Å². The summed E-state index contributed by atoms with van der Waals surface area (Å²) in [5.74, 6) is -2.22. The summed E-state index contributed by atoms with van der Waals surface area (Å²) in [6, 6.07) is 11.2. The number of carbonyl (C=O) groups excluding carboxylic acids is 2. The second kappa shape index (κ2) is 9.18. The number of aliphatic hydroxyl groups is 1. The summed E-state index contributed by atoms with van der Waals surface area (Å²) in [5.41, 5.74) is 0.918. The molecule has 2 aliphatic rings. The molecule has 2 heterocycles. The average Bonchev–Trinajstić information content (AvgIpc) is 3.04. The summed E-state index contributed by atoms with van der Waals surface area (Å²) in [6.45, 7) is 3.67. The molecule has 0 saturated carbocycles. The lowest BCUT2D eigenvalue weighted by Crippen LogP contribution is -2.42. The maximum absolute atomic E-state index is 13.3. The van der Waals surface area contributed by atoms with Crippen molar-refractivity contribution in [2.24, 2.45) is 0 Å². The molecular formula is C23H22ClFN2O4. The monoisotopic (exact) mass is 444 g/mol. The highest BCUT2D eigenvalue weighted by Gasteiger charge is 2.46. The zero-order valence-corrected chi connectivity index (χ0v) is 17.5. The van der Waals surface area contributed by atoms with E-state index in [4.69, 9.17) is 16.3 Å². The highest BCUT2D eigenvalue weighted by Crippen LogP contribution is 2.39. The summed E-state index contributed by atoms with van der Waals surface area (Å²) in [5, 5.41) is 11.4. The molecule has 2 fully saturated rings. The number of nitrogens with zero attached hydrogens (tertiary/aromatic N) is 2. The minimum atomic E-state index is -0.761. The van der Waals surface area contributed by atoms with Crippen LogP contribution in [0.4, 0.5) is 4.39 Å². The third-order valence-corrected chi connectivity index (χ3v) is 5.86. The van der Waals surface area contributed by atoms with Gasteiger partial charge in [-0.25, -0.2) is 4.39 Å². The molecule has 8 heteroatoms. The summed E-state index contributed by atoms with van der Waals surface area (Å²) in [6.07, 6.45) is 0. The van der Waals surface area contributed by atoms with Crippen LogP contribution >= 0.6 is 11.6 Å². The maximum Gasteiger partial charge on any atom is 0.295 e. The van der Waals surface area contributed by atoms with Crippen molar-refractivity contribution >= 4 is 29.1 Å². The molecule has 2 aromatic rings. The molecule has 2 saturated heterocycles. The number of ketones is 1. The van der Waals surface area contributed by atoms with Gasteiger partial charge in [-0.2, -0.15) is 0 Å². The van der Waals surface area contributed by atoms with Gasteiger partial charge in [0, 0.05) is 36.8 Å². The van der Waals surface area contributed by atoms with Crippen LogP contribution in [0.1, 0.15) is 17.2 Å². The van der Waals surface area contributed by atoms with Crippen LogP contribution in [-0.2, 0) is 14.3 Å². The van der Waals surface area contributed by atoms with Crippen molar-refractivity contribution in [1.82, 2.24) is 9.80 Å². The number of ether oxygens (including phenoxy) is 1. The van der Waals surface area contributed by atoms with E-state index >= 15 is 0 Å². The number of amides is 1. The minimum Gasteiger partial charge on any atom is -0.507 e. The zero-order valence-electron chi connectivity index (χ0n) is 16.8. The number of morpholine rings is 1. The lowest BCUT2D eigenvalue weighted by molar-refractivity contribution is -0.140. The minimum absolute atomic E-state index is 0.0130. The summed E-state index contributed by atoms with van der Waals surface area (Å²) in [7, 11) is 0. The average molecular weight is 445 g/mol. The Bertz CT molecular complexity index is 1000. The number of aliphatic hydroxyl groups excluding tert-OH is 1. The van der Waals surface area contributed by atoms with E-state index in [0.29, 0.717) is 36.9 Å². The lowest BCUT2D eigenvalue weighted by atomic mass is 9.95. The standard InChI is InChI=1S/C23H22ClFN2O4/c24-17-5-1-15(2-6-17)20-19(21(28)16-3-7-18(25)8-4-16)22(29)23(30)27(20)10-9-26-11-13-31-14-12-26/h1-8,20,28H,9-14H2/b21-19-. The third kappa shape index (κ3) is 4.49. The summed E-state index contributed by atoms with van der Waals surface area (Å²) >= 11 is 6.02. The van der Waals surface area contributed by atoms with Crippen LogP contribution in [0.15, 0.2) is 54.1 Å². The molecule has 1 N–H and O–H groups in total. The molecule has 1 atom stereocenters. The second-order valence-corrected chi connectivity index (χ2v) is 7.94. The van der Waals surface area contributed by atoms with Crippen LogP contribution < -0.4 is 0 Å². The highest BCUT2D eigenvalue weighted by molar-refractivity contribution is 6.46. The van der Waals surface area contributed by atoms with Crippen LogP contribution in [0.2, 0.25) is 5.02 Å². The Labute approximate surface area is 184 Å². The number of benzene rings is 2. The Morgan fingerprint density at radius 3 is 2.32 bits per heavy atom. The first-order valence-electron chi connectivity index (χ1n) is 10.1. The van der Waals surface area contributed by atoms with E-state index in [2.05, 4.69) is 4.90 Å². The second-order valence-electron chi connectivity index (χ2n) is 7.50. The molecule has 0 aromatic heterocycles. The molecule has 2 aromatic carbocycles. The van der Waals surface area contributed by atoms with E-state index in [1.54, 1.807) is 24.3 Å². The van der Waals surface area contributed by atoms with Crippen molar-refractivity contribution in [3.05, 3.63) is 76.1 Å². The lowest BCUT2D eigenvalue weighted by Gasteiger charge is -2.31. The first-order chi connectivity index (χ1) is 15.0. The van der Waals surface area contributed by atoms with Gasteiger partial charge in [-0.15, -0.1) is 0 Å². The Balaban J connectivity index is 1.72. The molecule has 1 unspecified atom stereocenters. The van der Waals surface area contributed by atoms with Crippen LogP contribution in [0, 0.1) is 5.82 Å². The molecule has 1 amide bonds. The molecule has 162 valence electrons. The van der Waals surface area contributed by atoms with Gasteiger partial charge in [0.2, 0.25) is 0 Å². The van der Waals surface area contributed by atoms with Gasteiger partial charge >= 0.3 is 0 Å². The normalized spacial score (nSPS) is 21.6. The van der Waals surface area contributed by atoms with Gasteiger partial charge in [0.15, 0.2) is 0 Å². The first kappa shape index (κ1) is 21.5. The third-order valence-electron chi connectivity index (χ3n) is 5.60. The Hall–Kier alpha value is -2.74. The van der Waals surface area contributed by atoms with E-state index in [1.807, 2.05) is 0 Å². The SMILES string of the molecule is O=C1C(=O)N(CCN2CCOCC2)C(c2ccc(Cl)cc2)/C1=C(/O)c1ccc(F)cc1. The largest absolute Gasteiger partial charge is 0.507 e. The van der Waals surface area contributed by atoms with Gasteiger partial charge in [-0.1, -0.05) is 23.7 Å². The molecule has 31 heavy (non-hydrogen) atoms. The number of halogens is 2. The fraction of sp³-hybridized carbons (Fsp3) is 0.304. The van der Waals surface area contributed by atoms with Crippen molar-refractivity contribution in [3.63, 3.8) is 0 Å². The molecule has 0 spiro atoms. The number of rotatable bonds is 5. The topological polar surface area (TPSA) is 70.1 Å². The smallest absolute Gasteiger partial charge is 0.295 e. The predicted octanol–water partition coefficient (Wildman–Crippen LogP) is 3.23. The molecule has 0 aliphatic carbocycles. The number of hydrogen-bond donors (Lipinski definition) is 1. The molecule has 2 aliphatic heterocycles. The van der Waals surface area contributed by atoms with E-state index < -0.39 is 23.5 Å². The van der Waals surface area contributed by atoms with Crippen molar-refractivity contribution in [1.29, 1.82) is 0 Å². The molecule has 4 rings (SSSR count). The van der Waals surface area contributed by atoms with Gasteiger partial charge < -0.3 is 14.7 Å². The Morgan fingerprint density at radius 2 is 1.68 bits per heavy atom. The van der Waals surface area contributed by atoms with Crippen LogP contribution in [-0.4, -0.2) is 66.0 Å². The number of hydrogen-bond acceptors (Lipinski definition) is 5. The van der Waals surface area contributed by atoms with Gasteiger partial charge in [0.25, 0.3) is 11.7 Å². The van der Waals surface area contributed by atoms with Gasteiger partial charge in [-0.05, 0) is 42.0 Å². The van der Waals surface area contributed by atoms with Gasteiger partial charge in [0.05, 0.1) is 24.8 Å². The molecule has 0 bridgehead atoms. The van der Waals surface area contributed by atoms with Crippen molar-refractivity contribution < 1.29 is 23.8 Å². The van der Waals surface area contributed by atoms with Gasteiger partial charge in [0.1, 0.15) is 11.6 Å². The van der Waals surface area contributed by atoms with Gasteiger partial charge in [-0.3, -0.25) is 14.5 Å². The van der Waals surface area contributed by atoms with E-state index in [-0.39, 0.29) is 16.9 Å². The predicted molar refractivity (Wildman–Crippen MR) is 114 cm³/mol. The highest BCUT2D eigenvalue weighted by atomic mass is 35.5. The van der Waals surface area contributed by atoms with Crippen molar-refractivity contribution in [2.75, 3.05) is 39.4 Å². The molecule has 6 nitrogen and oxygen atoms in total. The molecular weight excluding hydrogens is 423 g/mol. The summed E-state index contributed by atoms with van der Waals surface area (Å²) < 4.78 is 18.7. The summed E-state index contributed by atoms with van der Waals surface area (Å²) in [4.78, 5) is 29.5. The van der Waals surface area contributed by atoms with E-state index in [1.165, 1.54) is 29.2 Å². The number of carbonyl (C=O) groups is 2. The molecule has 0 radical (unpaired) electrons. The van der Waals surface area contributed by atoms with Crippen LogP contribution in [0.25, 0.3) is 5.76 Å². The number of Topliss-reactive ketones (excluding diaryl/α,β-unsaturated/α-hetero) is 1. The Morgan fingerprint density at radius 1 is 1.03 bits per heavy atom. The maximum atomic E-state index is 13.3. The quantitative estimate of drug-likeness (QED) is 0.435. The zero-order chi connectivity index (χ0) is 22.0. The fourth-order valence-corrected chi connectivity index (χ4v) is 4.07. The first-order valence-corrected chi connectivity index (χ1v) is 10.4. The Kier molecular flexibility index (Phi) is 6.36. The van der Waals surface area contributed by atoms with E-state index in [0.717, 1.165) is 13.1 Å². The number of likely N-dealkylation sites (tertiary alicyclic amines) is 1. The van der Waals surface area contributed by atoms with E-state index in [9.17, 15) is 19.1 Å².